The van der Waals surface area contributed by atoms with Gasteiger partial charge in [0.05, 0.1) is 0 Å². The van der Waals surface area contributed by atoms with Crippen molar-refractivity contribution in [1.82, 2.24) is 19.7 Å². The van der Waals surface area contributed by atoms with Crippen molar-refractivity contribution in [2.45, 2.75) is 13.5 Å². The number of rotatable bonds is 3. The average Bonchev–Trinajstić information content (AvgIpc) is 2.83. The number of anilines is 1. The van der Waals surface area contributed by atoms with Gasteiger partial charge in [0, 0.05) is 26.0 Å². The highest BCUT2D eigenvalue weighted by atomic mass is 32.1. The topological polar surface area (TPSA) is 49.7 Å². The molecule has 0 fully saturated rings. The second-order valence-electron chi connectivity index (χ2n) is 3.51. The summed E-state index contributed by atoms with van der Waals surface area (Å²) in [6, 6.07) is 0. The highest BCUT2D eigenvalue weighted by Crippen LogP contribution is 2.24. The summed E-state index contributed by atoms with van der Waals surface area (Å²) in [4.78, 5) is 6.47. The van der Waals surface area contributed by atoms with Gasteiger partial charge in [-0.25, -0.2) is 4.98 Å². The van der Waals surface area contributed by atoms with Crippen molar-refractivity contribution in [2.75, 3.05) is 19.0 Å². The molecule has 0 aliphatic heterocycles. The molecule has 86 valence electrons. The van der Waals surface area contributed by atoms with Crippen LogP contribution in [0.4, 0.5) is 5.13 Å². The first-order valence-electron chi connectivity index (χ1n) is 4.92. The number of aromatic amines is 1. The molecule has 2 rings (SSSR count). The van der Waals surface area contributed by atoms with Crippen LogP contribution in [0, 0.1) is 4.77 Å². The maximum absolute atomic E-state index is 5.14. The van der Waals surface area contributed by atoms with Gasteiger partial charge in [0.2, 0.25) is 0 Å². The minimum atomic E-state index is 0.636. The standard InChI is InChI=1S/C9H13N5S2/c1-4-14-7(11-12-8(14)15)6-5-16-9(10-6)13(2)3/h5H,4H2,1-3H3,(H,12,15). The van der Waals surface area contributed by atoms with E-state index < -0.39 is 0 Å². The van der Waals surface area contributed by atoms with Gasteiger partial charge in [-0.15, -0.1) is 11.3 Å². The summed E-state index contributed by atoms with van der Waals surface area (Å²) in [5, 5.41) is 9.95. The number of aromatic nitrogens is 4. The highest BCUT2D eigenvalue weighted by molar-refractivity contribution is 7.71. The normalized spacial score (nSPS) is 10.7. The van der Waals surface area contributed by atoms with Crippen LogP contribution in [0.2, 0.25) is 0 Å². The van der Waals surface area contributed by atoms with Crippen LogP contribution in [0.3, 0.4) is 0 Å². The van der Waals surface area contributed by atoms with E-state index in [1.807, 2.05) is 35.9 Å². The van der Waals surface area contributed by atoms with Gasteiger partial charge in [-0.2, -0.15) is 5.10 Å². The SMILES string of the molecule is CCn1c(-c2csc(N(C)C)n2)n[nH]c1=S. The lowest BCUT2D eigenvalue weighted by Gasteiger charge is -2.05. The van der Waals surface area contributed by atoms with E-state index in [1.165, 1.54) is 0 Å². The lowest BCUT2D eigenvalue weighted by atomic mass is 10.4. The first kappa shape index (κ1) is 11.3. The van der Waals surface area contributed by atoms with Gasteiger partial charge in [-0.05, 0) is 19.1 Å². The third-order valence-corrected chi connectivity index (χ3v) is 3.50. The van der Waals surface area contributed by atoms with E-state index in [-0.39, 0.29) is 0 Å². The van der Waals surface area contributed by atoms with Crippen molar-refractivity contribution in [3.05, 3.63) is 10.2 Å². The Morgan fingerprint density at radius 3 is 2.88 bits per heavy atom. The number of nitrogens with zero attached hydrogens (tertiary/aromatic N) is 4. The Labute approximate surface area is 103 Å². The summed E-state index contributed by atoms with van der Waals surface area (Å²) in [5.41, 5.74) is 0.864. The van der Waals surface area contributed by atoms with Gasteiger partial charge >= 0.3 is 0 Å². The molecule has 0 aliphatic carbocycles. The van der Waals surface area contributed by atoms with E-state index in [0.717, 1.165) is 23.2 Å². The van der Waals surface area contributed by atoms with Gasteiger partial charge < -0.3 is 4.90 Å². The summed E-state index contributed by atoms with van der Waals surface area (Å²) in [7, 11) is 3.94. The van der Waals surface area contributed by atoms with E-state index in [4.69, 9.17) is 12.2 Å². The molecule has 0 unspecified atom stereocenters. The molecular formula is C9H13N5S2. The minimum Gasteiger partial charge on any atom is -0.354 e. The predicted molar refractivity (Wildman–Crippen MR) is 68.5 cm³/mol. The van der Waals surface area contributed by atoms with Gasteiger partial charge in [0.25, 0.3) is 0 Å². The van der Waals surface area contributed by atoms with Crippen molar-refractivity contribution >= 4 is 28.7 Å². The fourth-order valence-electron chi connectivity index (χ4n) is 1.38. The van der Waals surface area contributed by atoms with Crippen LogP contribution in [0.15, 0.2) is 5.38 Å². The summed E-state index contributed by atoms with van der Waals surface area (Å²) < 4.78 is 2.57. The third-order valence-electron chi connectivity index (χ3n) is 2.18. The molecule has 2 aromatic rings. The zero-order valence-corrected chi connectivity index (χ0v) is 11.0. The molecule has 0 saturated heterocycles. The number of hydrogen-bond donors (Lipinski definition) is 1. The average molecular weight is 255 g/mol. The van der Waals surface area contributed by atoms with Gasteiger partial charge in [-0.3, -0.25) is 9.67 Å². The molecule has 0 aliphatic rings. The Balaban J connectivity index is 2.46. The van der Waals surface area contributed by atoms with E-state index in [0.29, 0.717) is 4.77 Å². The molecule has 0 saturated carbocycles. The van der Waals surface area contributed by atoms with E-state index in [9.17, 15) is 0 Å². The molecule has 1 N–H and O–H groups in total. The monoisotopic (exact) mass is 255 g/mol. The van der Waals surface area contributed by atoms with Crippen molar-refractivity contribution < 1.29 is 0 Å². The van der Waals surface area contributed by atoms with Crippen LogP contribution in [0.5, 0.6) is 0 Å². The zero-order valence-electron chi connectivity index (χ0n) is 9.39. The minimum absolute atomic E-state index is 0.636. The number of thiazole rings is 1. The van der Waals surface area contributed by atoms with Crippen molar-refractivity contribution in [1.29, 1.82) is 0 Å². The molecule has 2 aromatic heterocycles. The smallest absolute Gasteiger partial charge is 0.195 e. The molecule has 5 nitrogen and oxygen atoms in total. The summed E-state index contributed by atoms with van der Waals surface area (Å²) in [5.74, 6) is 0.803. The molecule has 0 atom stereocenters. The van der Waals surface area contributed by atoms with Crippen molar-refractivity contribution in [2.24, 2.45) is 0 Å². The fourth-order valence-corrected chi connectivity index (χ4v) is 2.38. The molecule has 16 heavy (non-hydrogen) atoms. The lowest BCUT2D eigenvalue weighted by molar-refractivity contribution is 0.754. The number of nitrogens with one attached hydrogen (secondary N) is 1. The molecule has 2 heterocycles. The van der Waals surface area contributed by atoms with E-state index >= 15 is 0 Å². The molecule has 0 aromatic carbocycles. The molecular weight excluding hydrogens is 242 g/mol. The molecule has 0 bridgehead atoms. The Kier molecular flexibility index (Phi) is 3.06. The largest absolute Gasteiger partial charge is 0.354 e. The molecule has 7 heteroatoms. The van der Waals surface area contributed by atoms with Crippen molar-refractivity contribution in [3.63, 3.8) is 0 Å². The van der Waals surface area contributed by atoms with Gasteiger partial charge in [-0.1, -0.05) is 0 Å². The summed E-state index contributed by atoms with van der Waals surface area (Å²) >= 11 is 6.73. The number of H-pyrrole nitrogens is 1. The predicted octanol–water partition coefficient (Wildman–Crippen LogP) is 2.15. The lowest BCUT2D eigenvalue weighted by Crippen LogP contribution is -2.08. The Hall–Kier alpha value is -1.21. The Morgan fingerprint density at radius 1 is 1.56 bits per heavy atom. The molecule has 0 radical (unpaired) electrons. The van der Waals surface area contributed by atoms with E-state index in [1.54, 1.807) is 11.3 Å². The van der Waals surface area contributed by atoms with Gasteiger partial charge in [0.15, 0.2) is 15.7 Å². The maximum atomic E-state index is 5.14. The van der Waals surface area contributed by atoms with Crippen molar-refractivity contribution in [3.8, 4) is 11.5 Å². The molecule has 0 amide bonds. The Morgan fingerprint density at radius 2 is 2.31 bits per heavy atom. The fraction of sp³-hybridized carbons (Fsp3) is 0.444. The van der Waals surface area contributed by atoms with Crippen LogP contribution < -0.4 is 4.90 Å². The third kappa shape index (κ3) is 1.88. The van der Waals surface area contributed by atoms with E-state index in [2.05, 4.69) is 15.2 Å². The summed E-state index contributed by atoms with van der Waals surface area (Å²) in [6.07, 6.45) is 0. The first-order valence-corrected chi connectivity index (χ1v) is 6.20. The molecule has 0 spiro atoms. The highest BCUT2D eigenvalue weighted by Gasteiger charge is 2.12. The Bertz CT molecular complexity index is 536. The second-order valence-corrected chi connectivity index (χ2v) is 4.73. The maximum Gasteiger partial charge on any atom is 0.195 e. The van der Waals surface area contributed by atoms with Gasteiger partial charge in [0.1, 0.15) is 5.69 Å². The van der Waals surface area contributed by atoms with Crippen LogP contribution in [0.1, 0.15) is 6.92 Å². The van der Waals surface area contributed by atoms with Crippen LogP contribution in [0.25, 0.3) is 11.5 Å². The van der Waals surface area contributed by atoms with Crippen LogP contribution in [-0.2, 0) is 6.54 Å². The van der Waals surface area contributed by atoms with Crippen LogP contribution >= 0.6 is 23.6 Å². The first-order chi connectivity index (χ1) is 7.63. The zero-order chi connectivity index (χ0) is 11.7. The second kappa shape index (κ2) is 4.34. The number of hydrogen-bond acceptors (Lipinski definition) is 5. The quantitative estimate of drug-likeness (QED) is 0.854. The van der Waals surface area contributed by atoms with Crippen LogP contribution in [-0.4, -0.2) is 33.8 Å². The summed E-state index contributed by atoms with van der Waals surface area (Å²) in [6.45, 7) is 2.83.